The van der Waals surface area contributed by atoms with E-state index in [1.807, 2.05) is 95.2 Å². The van der Waals surface area contributed by atoms with Gasteiger partial charge in [-0.1, -0.05) is 12.2 Å². The highest BCUT2D eigenvalue weighted by atomic mass is 16.6. The van der Waals surface area contributed by atoms with Crippen LogP contribution in [0.5, 0.6) is 0 Å². The Hall–Kier alpha value is -2.02. The van der Waals surface area contributed by atoms with Gasteiger partial charge in [-0.15, -0.1) is 5.47 Å². The van der Waals surface area contributed by atoms with E-state index in [1.165, 1.54) is 0 Å². The first kappa shape index (κ1) is 43.4. The maximum absolute atomic E-state index is 13.1. The van der Waals surface area contributed by atoms with Gasteiger partial charge in [-0.2, -0.15) is 0 Å². The fraction of sp³-hybridized carbons (Fsp3) is 0.800. The Kier molecular flexibility index (Phi) is 14.8. The zero-order valence-corrected chi connectivity index (χ0v) is 33.2. The van der Waals surface area contributed by atoms with Gasteiger partial charge in [-0.3, -0.25) is 4.79 Å². The van der Waals surface area contributed by atoms with Gasteiger partial charge in [0.1, 0.15) is 19.0 Å². The molecule has 8 atom stereocenters. The van der Waals surface area contributed by atoms with Crippen molar-refractivity contribution in [1.82, 2.24) is 0 Å². The maximum Gasteiger partial charge on any atom is 0.334 e. The zero-order chi connectivity index (χ0) is 38.5. The second kappa shape index (κ2) is 17.4. The van der Waals surface area contributed by atoms with Crippen LogP contribution >= 0.6 is 0 Å². The monoisotopic (exact) mass is 716 g/mol. The summed E-state index contributed by atoms with van der Waals surface area (Å²) >= 11 is 0. The third-order valence-electron chi connectivity index (χ3n) is 8.52. The largest absolute Gasteiger partial charge is 0.460 e. The molecular formula is C40H65BO10. The summed E-state index contributed by atoms with van der Waals surface area (Å²) in [4.78, 5) is 26.2. The van der Waals surface area contributed by atoms with Gasteiger partial charge in [0.05, 0.1) is 42.5 Å². The molecule has 0 heterocycles. The van der Waals surface area contributed by atoms with Gasteiger partial charge in [0.25, 0.3) is 0 Å². The molecule has 0 saturated heterocycles. The van der Waals surface area contributed by atoms with Gasteiger partial charge in [-0.05, 0) is 139 Å². The lowest BCUT2D eigenvalue weighted by Gasteiger charge is -2.37. The van der Waals surface area contributed by atoms with Crippen LogP contribution in [0.1, 0.15) is 122 Å². The van der Waals surface area contributed by atoms with Crippen LogP contribution in [0.15, 0.2) is 34.8 Å². The fourth-order valence-corrected chi connectivity index (χ4v) is 6.64. The van der Waals surface area contributed by atoms with Crippen molar-refractivity contribution in [1.29, 1.82) is 0 Å². The standard InChI is InChI=1S/C40H65BO10/c1-37(2,3)48-33(42)26-16-27(34(43)49-38(4,5)6)19-31(18-26)46-22-24-13-25(15-30(41)14-24)23-47-32-20-28(35(44)50-39(7,8)9)17-29(21-32)36(45)51-40(10,11)12/h14,17-18,24-25,27-28,31-32,35-36,44-45H,13,15-16,19-23H2,1-12H3/t24-,25+,27-,28+,31+,32+,35-,36+/m0/s1. The Morgan fingerprint density at radius 2 is 1.37 bits per heavy atom. The van der Waals surface area contributed by atoms with Crippen LogP contribution in [0.25, 0.3) is 0 Å². The molecule has 51 heavy (non-hydrogen) atoms. The van der Waals surface area contributed by atoms with Gasteiger partial charge >= 0.3 is 11.9 Å². The first-order valence-corrected chi connectivity index (χ1v) is 18.5. The van der Waals surface area contributed by atoms with Crippen LogP contribution in [-0.4, -0.2) is 90.4 Å². The van der Waals surface area contributed by atoms with Crippen molar-refractivity contribution in [2.24, 2.45) is 23.7 Å². The van der Waals surface area contributed by atoms with Crippen molar-refractivity contribution >= 4 is 19.8 Å². The van der Waals surface area contributed by atoms with Gasteiger partial charge in [0.15, 0.2) is 12.6 Å². The van der Waals surface area contributed by atoms with Crippen molar-refractivity contribution in [3.63, 3.8) is 0 Å². The maximum atomic E-state index is 13.1. The van der Waals surface area contributed by atoms with Crippen molar-refractivity contribution in [3.05, 3.63) is 34.8 Å². The van der Waals surface area contributed by atoms with E-state index in [0.717, 1.165) is 11.9 Å². The minimum atomic E-state index is -1.13. The van der Waals surface area contributed by atoms with Crippen molar-refractivity contribution in [3.8, 4) is 0 Å². The molecule has 10 nitrogen and oxygen atoms in total. The second-order valence-corrected chi connectivity index (χ2v) is 18.5. The van der Waals surface area contributed by atoms with E-state index in [0.29, 0.717) is 50.0 Å². The predicted molar refractivity (Wildman–Crippen MR) is 197 cm³/mol. The molecule has 0 aromatic rings. The highest BCUT2D eigenvalue weighted by Crippen LogP contribution is 2.36. The number of ether oxygens (including phenoxy) is 6. The lowest BCUT2D eigenvalue weighted by molar-refractivity contribution is -0.192. The lowest BCUT2D eigenvalue weighted by Crippen LogP contribution is -2.39. The Bertz CT molecular complexity index is 1280. The normalized spacial score (nSPS) is 27.8. The summed E-state index contributed by atoms with van der Waals surface area (Å²) in [5, 5.41) is 21.9. The van der Waals surface area contributed by atoms with E-state index < -0.39 is 53.0 Å². The van der Waals surface area contributed by atoms with Gasteiger partial charge in [0, 0.05) is 17.4 Å². The molecule has 2 radical (unpaired) electrons. The van der Waals surface area contributed by atoms with Crippen LogP contribution in [0.2, 0.25) is 0 Å². The molecule has 0 amide bonds. The highest BCUT2D eigenvalue weighted by Gasteiger charge is 2.37. The summed E-state index contributed by atoms with van der Waals surface area (Å²) in [6.07, 6.45) is 5.81. The molecule has 0 bridgehead atoms. The number of hydrogen-bond acceptors (Lipinski definition) is 10. The molecule has 0 aromatic carbocycles. The molecule has 2 N–H and O–H groups in total. The smallest absolute Gasteiger partial charge is 0.334 e. The third-order valence-corrected chi connectivity index (χ3v) is 8.52. The number of esters is 2. The first-order valence-electron chi connectivity index (χ1n) is 18.5. The molecule has 0 saturated carbocycles. The molecule has 3 aliphatic carbocycles. The van der Waals surface area contributed by atoms with Gasteiger partial charge < -0.3 is 38.6 Å². The van der Waals surface area contributed by atoms with Crippen LogP contribution < -0.4 is 0 Å². The van der Waals surface area contributed by atoms with Crippen molar-refractivity contribution < 1.29 is 48.2 Å². The number of hydrogen-bond donors (Lipinski definition) is 2. The minimum absolute atomic E-state index is 0.00575. The summed E-state index contributed by atoms with van der Waals surface area (Å²) in [5.41, 5.74) is -0.608. The predicted octanol–water partition coefficient (Wildman–Crippen LogP) is 6.46. The topological polar surface area (TPSA) is 130 Å². The number of aliphatic hydroxyl groups excluding tert-OH is 2. The molecular weight excluding hydrogens is 651 g/mol. The SMILES string of the molecule is [B]C1=C[C@@H](CO[C@@H]2C=C(C(=O)OC(C)(C)C)C[C@H](C(=O)OC(C)(C)C)C2)C[C@@H](CO[C@H]2CC([C@H](O)OC(C)(C)C)=C[C@@H]([C@@H](O)OC(C)(C)C)C2)C1. The Morgan fingerprint density at radius 3 is 1.96 bits per heavy atom. The molecule has 0 spiro atoms. The molecule has 288 valence electrons. The Balaban J connectivity index is 1.66. The average Bonchev–Trinajstić information content (AvgIpc) is 2.95. The fourth-order valence-electron chi connectivity index (χ4n) is 6.64. The quantitative estimate of drug-likeness (QED) is 0.101. The average molecular weight is 717 g/mol. The van der Waals surface area contributed by atoms with Crippen LogP contribution in [0.4, 0.5) is 0 Å². The van der Waals surface area contributed by atoms with E-state index in [-0.39, 0.29) is 36.2 Å². The Labute approximate surface area is 308 Å². The number of aliphatic hydroxyl groups is 2. The molecule has 0 aromatic heterocycles. The van der Waals surface area contributed by atoms with Gasteiger partial charge in [0.2, 0.25) is 0 Å². The first-order chi connectivity index (χ1) is 23.2. The summed E-state index contributed by atoms with van der Waals surface area (Å²) in [7, 11) is 6.42. The number of allylic oxidation sites excluding steroid dienone is 1. The Morgan fingerprint density at radius 1 is 0.745 bits per heavy atom. The molecule has 0 aliphatic heterocycles. The molecule has 3 aliphatic rings. The number of carbonyl (C=O) groups is 2. The van der Waals surface area contributed by atoms with E-state index in [2.05, 4.69) is 0 Å². The summed E-state index contributed by atoms with van der Waals surface area (Å²) < 4.78 is 35.9. The van der Waals surface area contributed by atoms with Crippen LogP contribution in [-0.2, 0) is 38.0 Å². The molecule has 0 fully saturated rings. The second-order valence-electron chi connectivity index (χ2n) is 18.5. The third kappa shape index (κ3) is 15.9. The van der Waals surface area contributed by atoms with Gasteiger partial charge in [-0.25, -0.2) is 4.79 Å². The number of rotatable bonds is 12. The van der Waals surface area contributed by atoms with Crippen molar-refractivity contribution in [2.75, 3.05) is 13.2 Å². The number of carbonyl (C=O) groups excluding carboxylic acids is 2. The summed E-state index contributed by atoms with van der Waals surface area (Å²) in [5.74, 6) is -1.61. The minimum Gasteiger partial charge on any atom is -0.460 e. The molecule has 11 heteroatoms. The molecule has 0 unspecified atom stereocenters. The summed E-state index contributed by atoms with van der Waals surface area (Å²) in [6.45, 7) is 23.0. The lowest BCUT2D eigenvalue weighted by atomic mass is 9.75. The summed E-state index contributed by atoms with van der Waals surface area (Å²) in [6, 6.07) is 0. The van der Waals surface area contributed by atoms with E-state index >= 15 is 0 Å². The van der Waals surface area contributed by atoms with E-state index in [4.69, 9.17) is 36.3 Å². The van der Waals surface area contributed by atoms with E-state index in [1.54, 1.807) is 6.08 Å². The zero-order valence-electron chi connectivity index (χ0n) is 33.2. The van der Waals surface area contributed by atoms with Crippen LogP contribution in [0.3, 0.4) is 0 Å². The van der Waals surface area contributed by atoms with E-state index in [9.17, 15) is 19.8 Å². The highest BCUT2D eigenvalue weighted by molar-refractivity contribution is 6.21. The van der Waals surface area contributed by atoms with Crippen molar-refractivity contribution in [2.45, 2.75) is 169 Å². The molecule has 3 rings (SSSR count). The van der Waals surface area contributed by atoms with Crippen LogP contribution in [0, 0.1) is 23.7 Å².